The van der Waals surface area contributed by atoms with Gasteiger partial charge in [0.1, 0.15) is 0 Å². The summed E-state index contributed by atoms with van der Waals surface area (Å²) >= 11 is 1.27. The molecule has 0 aliphatic carbocycles. The first-order valence-electron chi connectivity index (χ1n) is 8.01. The van der Waals surface area contributed by atoms with E-state index in [1.807, 2.05) is 29.2 Å². The van der Waals surface area contributed by atoms with Crippen molar-refractivity contribution >= 4 is 17.7 Å². The molecule has 0 unspecified atom stereocenters. The zero-order valence-corrected chi connectivity index (χ0v) is 14.3. The topological polar surface area (TPSA) is 72.1 Å². The zero-order valence-electron chi connectivity index (χ0n) is 13.5. The van der Waals surface area contributed by atoms with E-state index in [1.54, 1.807) is 12.4 Å². The van der Waals surface area contributed by atoms with Gasteiger partial charge in [0.15, 0.2) is 0 Å². The SMILES string of the molecule is O=C(CSc1nnc(-c2cccnc2)o1)N1CCc2ccccc2C1. The summed E-state index contributed by atoms with van der Waals surface area (Å²) in [6.45, 7) is 1.42. The monoisotopic (exact) mass is 352 g/mol. The molecule has 0 N–H and O–H groups in total. The minimum Gasteiger partial charge on any atom is -0.411 e. The summed E-state index contributed by atoms with van der Waals surface area (Å²) in [6, 6.07) is 11.9. The number of pyridine rings is 1. The number of amides is 1. The number of hydrogen-bond donors (Lipinski definition) is 0. The summed E-state index contributed by atoms with van der Waals surface area (Å²) in [5.41, 5.74) is 3.32. The first-order chi connectivity index (χ1) is 12.3. The molecule has 0 atom stereocenters. The molecule has 7 heteroatoms. The Kier molecular flexibility index (Phi) is 4.47. The molecule has 3 aromatic rings. The van der Waals surface area contributed by atoms with Crippen molar-refractivity contribution in [1.82, 2.24) is 20.1 Å². The lowest BCUT2D eigenvalue weighted by atomic mass is 10.00. The van der Waals surface area contributed by atoms with Crippen LogP contribution >= 0.6 is 11.8 Å². The van der Waals surface area contributed by atoms with Crippen LogP contribution in [0.5, 0.6) is 0 Å². The third-order valence-electron chi connectivity index (χ3n) is 4.12. The van der Waals surface area contributed by atoms with Crippen molar-refractivity contribution in [2.45, 2.75) is 18.2 Å². The van der Waals surface area contributed by atoms with E-state index in [2.05, 4.69) is 27.3 Å². The summed E-state index contributed by atoms with van der Waals surface area (Å²) in [4.78, 5) is 18.4. The molecule has 0 saturated heterocycles. The number of benzene rings is 1. The van der Waals surface area contributed by atoms with Gasteiger partial charge in [-0.05, 0) is 29.7 Å². The molecule has 2 aromatic heterocycles. The molecule has 0 bridgehead atoms. The van der Waals surface area contributed by atoms with Crippen LogP contribution in [0.25, 0.3) is 11.5 Å². The van der Waals surface area contributed by atoms with Gasteiger partial charge in [-0.25, -0.2) is 0 Å². The molecule has 1 aliphatic heterocycles. The highest BCUT2D eigenvalue weighted by Gasteiger charge is 2.21. The van der Waals surface area contributed by atoms with Crippen LogP contribution in [-0.4, -0.2) is 38.3 Å². The van der Waals surface area contributed by atoms with Gasteiger partial charge in [0.2, 0.25) is 11.8 Å². The van der Waals surface area contributed by atoms with Crippen LogP contribution in [0.2, 0.25) is 0 Å². The van der Waals surface area contributed by atoms with E-state index in [-0.39, 0.29) is 11.7 Å². The number of carbonyl (C=O) groups excluding carboxylic acids is 1. The normalized spacial score (nSPS) is 13.5. The molecule has 0 radical (unpaired) electrons. The van der Waals surface area contributed by atoms with Crippen molar-refractivity contribution in [3.8, 4) is 11.5 Å². The summed E-state index contributed by atoms with van der Waals surface area (Å²) in [5.74, 6) is 0.784. The molecule has 0 spiro atoms. The van der Waals surface area contributed by atoms with Crippen molar-refractivity contribution < 1.29 is 9.21 Å². The second-order valence-corrected chi connectivity index (χ2v) is 6.66. The summed E-state index contributed by atoms with van der Waals surface area (Å²) in [5, 5.41) is 8.39. The summed E-state index contributed by atoms with van der Waals surface area (Å²) < 4.78 is 5.59. The molecular weight excluding hydrogens is 336 g/mol. The van der Waals surface area contributed by atoms with Gasteiger partial charge in [0.25, 0.3) is 5.22 Å². The Morgan fingerprint density at radius 3 is 2.88 bits per heavy atom. The van der Waals surface area contributed by atoms with E-state index in [0.717, 1.165) is 18.5 Å². The maximum absolute atomic E-state index is 12.5. The van der Waals surface area contributed by atoms with Crippen molar-refractivity contribution in [3.05, 3.63) is 59.9 Å². The molecule has 1 aliphatic rings. The van der Waals surface area contributed by atoms with Crippen molar-refractivity contribution in [2.24, 2.45) is 0 Å². The Morgan fingerprint density at radius 1 is 1.16 bits per heavy atom. The average molecular weight is 352 g/mol. The third-order valence-corrected chi connectivity index (χ3v) is 4.92. The van der Waals surface area contributed by atoms with Gasteiger partial charge >= 0.3 is 0 Å². The second kappa shape index (κ2) is 7.06. The van der Waals surface area contributed by atoms with Crippen molar-refractivity contribution in [3.63, 3.8) is 0 Å². The maximum Gasteiger partial charge on any atom is 0.277 e. The highest BCUT2D eigenvalue weighted by Crippen LogP contribution is 2.24. The molecule has 4 rings (SSSR count). The van der Waals surface area contributed by atoms with Crippen LogP contribution in [0.3, 0.4) is 0 Å². The van der Waals surface area contributed by atoms with E-state index < -0.39 is 0 Å². The fourth-order valence-corrected chi connectivity index (χ4v) is 3.46. The second-order valence-electron chi connectivity index (χ2n) is 5.74. The molecule has 25 heavy (non-hydrogen) atoms. The third kappa shape index (κ3) is 3.56. The number of rotatable bonds is 4. The molecule has 3 heterocycles. The van der Waals surface area contributed by atoms with Crippen LogP contribution in [0.4, 0.5) is 0 Å². The number of thioether (sulfide) groups is 1. The first kappa shape index (κ1) is 15.8. The summed E-state index contributed by atoms with van der Waals surface area (Å²) in [6.07, 6.45) is 4.25. The van der Waals surface area contributed by atoms with Crippen molar-refractivity contribution in [2.75, 3.05) is 12.3 Å². The quantitative estimate of drug-likeness (QED) is 0.672. The molecule has 6 nitrogen and oxygen atoms in total. The molecule has 126 valence electrons. The van der Waals surface area contributed by atoms with E-state index in [9.17, 15) is 4.79 Å². The number of carbonyl (C=O) groups is 1. The van der Waals surface area contributed by atoms with Gasteiger partial charge in [-0.3, -0.25) is 9.78 Å². The van der Waals surface area contributed by atoms with Crippen LogP contribution in [0.1, 0.15) is 11.1 Å². The molecule has 1 amide bonds. The smallest absolute Gasteiger partial charge is 0.277 e. The number of aromatic nitrogens is 3. The highest BCUT2D eigenvalue weighted by atomic mass is 32.2. The molecule has 0 saturated carbocycles. The van der Waals surface area contributed by atoms with E-state index >= 15 is 0 Å². The van der Waals surface area contributed by atoms with E-state index in [4.69, 9.17) is 4.42 Å². The lowest BCUT2D eigenvalue weighted by molar-refractivity contribution is -0.129. The highest BCUT2D eigenvalue weighted by molar-refractivity contribution is 7.99. The fourth-order valence-electron chi connectivity index (χ4n) is 2.80. The predicted molar refractivity (Wildman–Crippen MR) is 93.8 cm³/mol. The minimum absolute atomic E-state index is 0.0839. The molecule has 0 fully saturated rings. The Labute approximate surface area is 149 Å². The van der Waals surface area contributed by atoms with E-state index in [0.29, 0.717) is 17.7 Å². The molecule has 1 aromatic carbocycles. The number of hydrogen-bond acceptors (Lipinski definition) is 6. The van der Waals surface area contributed by atoms with Gasteiger partial charge in [-0.2, -0.15) is 0 Å². The fraction of sp³-hybridized carbons (Fsp3) is 0.222. The van der Waals surface area contributed by atoms with Gasteiger partial charge < -0.3 is 9.32 Å². The first-order valence-corrected chi connectivity index (χ1v) is 8.99. The Bertz CT molecular complexity index is 882. The van der Waals surface area contributed by atoms with Crippen LogP contribution in [0, 0.1) is 0 Å². The Balaban J connectivity index is 1.36. The maximum atomic E-state index is 12.5. The lowest BCUT2D eigenvalue weighted by Gasteiger charge is -2.28. The summed E-state index contributed by atoms with van der Waals surface area (Å²) in [7, 11) is 0. The lowest BCUT2D eigenvalue weighted by Crippen LogP contribution is -2.37. The Morgan fingerprint density at radius 2 is 2.04 bits per heavy atom. The molecular formula is C18H16N4O2S. The largest absolute Gasteiger partial charge is 0.411 e. The van der Waals surface area contributed by atoms with Gasteiger partial charge in [-0.1, -0.05) is 36.0 Å². The zero-order chi connectivity index (χ0) is 17.1. The predicted octanol–water partition coefficient (Wildman–Crippen LogP) is 2.81. The number of nitrogens with zero attached hydrogens (tertiary/aromatic N) is 4. The van der Waals surface area contributed by atoms with Crippen LogP contribution in [-0.2, 0) is 17.8 Å². The number of fused-ring (bicyclic) bond motifs is 1. The van der Waals surface area contributed by atoms with Gasteiger partial charge in [-0.15, -0.1) is 10.2 Å². The average Bonchev–Trinajstić information content (AvgIpc) is 3.15. The van der Waals surface area contributed by atoms with Crippen molar-refractivity contribution in [1.29, 1.82) is 0 Å². The van der Waals surface area contributed by atoms with Crippen LogP contribution in [0.15, 0.2) is 58.4 Å². The standard InChI is InChI=1S/C18H16N4O2S/c23-16(22-9-7-13-4-1-2-5-15(13)11-22)12-25-18-21-20-17(24-18)14-6-3-8-19-10-14/h1-6,8,10H,7,9,11-12H2. The Hall–Kier alpha value is -2.67. The van der Waals surface area contributed by atoms with Gasteiger partial charge in [0, 0.05) is 25.5 Å². The van der Waals surface area contributed by atoms with E-state index in [1.165, 1.54) is 22.9 Å². The van der Waals surface area contributed by atoms with Crippen LogP contribution < -0.4 is 0 Å². The minimum atomic E-state index is 0.0839. The van der Waals surface area contributed by atoms with Gasteiger partial charge in [0.05, 0.1) is 11.3 Å².